The highest BCUT2D eigenvalue weighted by Crippen LogP contribution is 2.27. The summed E-state index contributed by atoms with van der Waals surface area (Å²) >= 11 is 1.17. The van der Waals surface area contributed by atoms with Gasteiger partial charge in [0.05, 0.1) is 5.69 Å². The maximum atomic E-state index is 12.9. The molecule has 2 aromatic carbocycles. The number of hydrogen-bond donors (Lipinski definition) is 3. The van der Waals surface area contributed by atoms with Crippen molar-refractivity contribution in [2.75, 3.05) is 16.0 Å². The SMILES string of the molecule is CCCCCCCCCCc1ccc(NC(=O)Nc2nc(C)c(C(=O)Nc3c(C)cc(C)cc3C)s2)cc1. The first-order valence-electron chi connectivity index (χ1n) is 13.8. The van der Waals surface area contributed by atoms with E-state index in [1.807, 2.05) is 45.0 Å². The molecule has 0 radical (unpaired) electrons. The van der Waals surface area contributed by atoms with Crippen LogP contribution < -0.4 is 16.0 Å². The molecule has 6 nitrogen and oxygen atoms in total. The molecular formula is C31H42N4O2S. The molecule has 0 atom stereocenters. The third-order valence-corrected chi connectivity index (χ3v) is 7.74. The molecule has 0 unspecified atom stereocenters. The Hall–Kier alpha value is -3.19. The first-order valence-corrected chi connectivity index (χ1v) is 14.6. The number of aromatic nitrogens is 1. The highest BCUT2D eigenvalue weighted by molar-refractivity contribution is 7.17. The zero-order valence-corrected chi connectivity index (χ0v) is 24.3. The van der Waals surface area contributed by atoms with E-state index in [-0.39, 0.29) is 11.9 Å². The molecule has 0 aliphatic heterocycles. The lowest BCUT2D eigenvalue weighted by molar-refractivity contribution is 0.102. The van der Waals surface area contributed by atoms with Crippen molar-refractivity contribution in [3.8, 4) is 0 Å². The molecule has 0 bridgehead atoms. The van der Waals surface area contributed by atoms with Crippen molar-refractivity contribution in [3.63, 3.8) is 0 Å². The predicted molar refractivity (Wildman–Crippen MR) is 161 cm³/mol. The van der Waals surface area contributed by atoms with Crippen LogP contribution in [-0.2, 0) is 6.42 Å². The van der Waals surface area contributed by atoms with Crippen LogP contribution in [0.25, 0.3) is 0 Å². The molecule has 1 heterocycles. The van der Waals surface area contributed by atoms with Crippen LogP contribution in [0, 0.1) is 27.7 Å². The monoisotopic (exact) mass is 534 g/mol. The van der Waals surface area contributed by atoms with Crippen LogP contribution >= 0.6 is 11.3 Å². The second-order valence-corrected chi connectivity index (χ2v) is 11.2. The Balaban J connectivity index is 1.46. The van der Waals surface area contributed by atoms with Crippen molar-refractivity contribution in [1.82, 2.24) is 4.98 Å². The Bertz CT molecular complexity index is 1190. The lowest BCUT2D eigenvalue weighted by atomic mass is 10.0. The van der Waals surface area contributed by atoms with Gasteiger partial charge in [0.1, 0.15) is 4.88 Å². The van der Waals surface area contributed by atoms with Crippen molar-refractivity contribution in [3.05, 3.63) is 69.2 Å². The molecule has 7 heteroatoms. The van der Waals surface area contributed by atoms with E-state index in [0.717, 1.165) is 34.5 Å². The lowest BCUT2D eigenvalue weighted by Gasteiger charge is -2.12. The van der Waals surface area contributed by atoms with E-state index in [1.165, 1.54) is 68.3 Å². The third-order valence-electron chi connectivity index (χ3n) is 6.67. The van der Waals surface area contributed by atoms with E-state index in [1.54, 1.807) is 6.92 Å². The normalized spacial score (nSPS) is 10.9. The molecular weight excluding hydrogens is 492 g/mol. The summed E-state index contributed by atoms with van der Waals surface area (Å²) in [6.45, 7) is 10.0. The number of rotatable bonds is 13. The van der Waals surface area contributed by atoms with Gasteiger partial charge in [-0.2, -0.15) is 0 Å². The fourth-order valence-corrected chi connectivity index (χ4v) is 5.54. The van der Waals surface area contributed by atoms with E-state index >= 15 is 0 Å². The molecule has 3 aromatic rings. The minimum Gasteiger partial charge on any atom is -0.321 e. The summed E-state index contributed by atoms with van der Waals surface area (Å²) in [7, 11) is 0. The van der Waals surface area contributed by atoms with E-state index < -0.39 is 0 Å². The third kappa shape index (κ3) is 8.98. The molecule has 38 heavy (non-hydrogen) atoms. The van der Waals surface area contributed by atoms with Crippen molar-refractivity contribution in [2.24, 2.45) is 0 Å². The highest BCUT2D eigenvalue weighted by Gasteiger charge is 2.18. The first kappa shape index (κ1) is 29.4. The Morgan fingerprint density at radius 1 is 0.789 bits per heavy atom. The summed E-state index contributed by atoms with van der Waals surface area (Å²) in [6, 6.07) is 11.7. The Labute approximate surface area is 231 Å². The molecule has 3 rings (SSSR count). The standard InChI is InChI=1S/C31H42N4O2S/c1-6-7-8-9-10-11-12-13-14-25-15-17-26(18-16-25)33-30(37)35-31-32-24(5)28(38-31)29(36)34-27-22(3)19-21(2)20-23(27)4/h15-20H,6-14H2,1-5H3,(H,34,36)(H2,32,33,35,37). The zero-order chi connectivity index (χ0) is 27.5. The number of amides is 3. The number of carbonyl (C=O) groups is 2. The Kier molecular flexibility index (Phi) is 11.3. The lowest BCUT2D eigenvalue weighted by Crippen LogP contribution is -2.19. The zero-order valence-electron chi connectivity index (χ0n) is 23.5. The molecule has 0 aliphatic rings. The van der Waals surface area contributed by atoms with Gasteiger partial charge in [-0.15, -0.1) is 0 Å². The summed E-state index contributed by atoms with van der Waals surface area (Å²) in [6.07, 6.45) is 11.6. The Morgan fingerprint density at radius 3 is 2.03 bits per heavy atom. The number of unbranched alkanes of at least 4 members (excludes halogenated alkanes) is 7. The van der Waals surface area contributed by atoms with Gasteiger partial charge in [0.25, 0.3) is 5.91 Å². The summed E-state index contributed by atoms with van der Waals surface area (Å²) in [5.41, 5.74) is 6.58. The van der Waals surface area contributed by atoms with Crippen LogP contribution in [-0.4, -0.2) is 16.9 Å². The van der Waals surface area contributed by atoms with E-state index in [4.69, 9.17) is 0 Å². The van der Waals surface area contributed by atoms with E-state index in [2.05, 4.69) is 40.0 Å². The van der Waals surface area contributed by atoms with Gasteiger partial charge in [0.2, 0.25) is 0 Å². The molecule has 0 saturated heterocycles. The molecule has 204 valence electrons. The van der Waals surface area contributed by atoms with E-state index in [9.17, 15) is 9.59 Å². The Morgan fingerprint density at radius 2 is 1.39 bits per heavy atom. The quantitative estimate of drug-likeness (QED) is 0.191. The maximum Gasteiger partial charge on any atom is 0.325 e. The summed E-state index contributed by atoms with van der Waals surface area (Å²) in [4.78, 5) is 30.4. The largest absolute Gasteiger partial charge is 0.325 e. The second-order valence-electron chi connectivity index (χ2n) is 10.2. The van der Waals surface area contributed by atoms with Crippen molar-refractivity contribution < 1.29 is 9.59 Å². The van der Waals surface area contributed by atoms with Gasteiger partial charge in [0.15, 0.2) is 5.13 Å². The fraction of sp³-hybridized carbons (Fsp3) is 0.452. The number of carbonyl (C=O) groups excluding carboxylic acids is 2. The van der Waals surface area contributed by atoms with Gasteiger partial charge in [-0.25, -0.2) is 9.78 Å². The average molecular weight is 535 g/mol. The van der Waals surface area contributed by atoms with Gasteiger partial charge in [-0.05, 0) is 69.4 Å². The molecule has 0 fully saturated rings. The molecule has 3 amide bonds. The fourth-order valence-electron chi connectivity index (χ4n) is 4.69. The summed E-state index contributed by atoms with van der Waals surface area (Å²) in [5, 5.41) is 9.00. The van der Waals surface area contributed by atoms with Crippen LogP contribution in [0.4, 0.5) is 21.3 Å². The van der Waals surface area contributed by atoms with Crippen LogP contribution in [0.15, 0.2) is 36.4 Å². The molecule has 0 aliphatic carbocycles. The number of thiazole rings is 1. The van der Waals surface area contributed by atoms with Crippen LogP contribution in [0.3, 0.4) is 0 Å². The predicted octanol–water partition coefficient (Wildman–Crippen LogP) is 8.96. The molecule has 3 N–H and O–H groups in total. The first-order chi connectivity index (χ1) is 18.3. The van der Waals surface area contributed by atoms with Crippen LogP contribution in [0.5, 0.6) is 0 Å². The number of nitrogens with zero attached hydrogens (tertiary/aromatic N) is 1. The number of anilines is 3. The number of urea groups is 1. The molecule has 1 aromatic heterocycles. The summed E-state index contributed by atoms with van der Waals surface area (Å²) < 4.78 is 0. The molecule has 0 saturated carbocycles. The van der Waals surface area contributed by atoms with Crippen molar-refractivity contribution in [1.29, 1.82) is 0 Å². The highest BCUT2D eigenvalue weighted by atomic mass is 32.1. The average Bonchev–Trinajstić information content (AvgIpc) is 3.23. The number of nitrogens with one attached hydrogen (secondary N) is 3. The second kappa shape index (κ2) is 14.7. The van der Waals surface area contributed by atoms with Gasteiger partial charge < -0.3 is 10.6 Å². The number of hydrogen-bond acceptors (Lipinski definition) is 4. The molecule has 0 spiro atoms. The topological polar surface area (TPSA) is 83.1 Å². The summed E-state index contributed by atoms with van der Waals surface area (Å²) in [5.74, 6) is -0.226. The van der Waals surface area contributed by atoms with E-state index in [0.29, 0.717) is 15.7 Å². The van der Waals surface area contributed by atoms with Gasteiger partial charge >= 0.3 is 6.03 Å². The van der Waals surface area contributed by atoms with Crippen molar-refractivity contribution in [2.45, 2.75) is 92.4 Å². The maximum absolute atomic E-state index is 12.9. The minimum absolute atomic E-state index is 0.226. The van der Waals surface area contributed by atoms with Crippen LogP contribution in [0.1, 0.15) is 95.9 Å². The smallest absolute Gasteiger partial charge is 0.321 e. The number of aryl methyl sites for hydroxylation is 5. The minimum atomic E-state index is -0.383. The van der Waals surface area contributed by atoms with Crippen LogP contribution in [0.2, 0.25) is 0 Å². The van der Waals surface area contributed by atoms with Gasteiger partial charge in [-0.1, -0.05) is 93.0 Å². The van der Waals surface area contributed by atoms with Crippen molar-refractivity contribution >= 4 is 39.8 Å². The van der Waals surface area contributed by atoms with Gasteiger partial charge in [-0.3, -0.25) is 10.1 Å². The van der Waals surface area contributed by atoms with Gasteiger partial charge in [0, 0.05) is 11.4 Å². The number of benzene rings is 2.